The van der Waals surface area contributed by atoms with E-state index in [4.69, 9.17) is 4.42 Å². The van der Waals surface area contributed by atoms with Crippen molar-refractivity contribution in [3.8, 4) is 55.6 Å². The van der Waals surface area contributed by atoms with E-state index in [1.807, 2.05) is 6.07 Å². The third-order valence-electron chi connectivity index (χ3n) is 12.7. The molecule has 0 atom stereocenters. The summed E-state index contributed by atoms with van der Waals surface area (Å²) in [4.78, 5) is 2.41. The fourth-order valence-electron chi connectivity index (χ4n) is 9.62. The molecule has 0 amide bonds. The van der Waals surface area contributed by atoms with Gasteiger partial charge in [0.15, 0.2) is 0 Å². The first kappa shape index (κ1) is 37.3. The summed E-state index contributed by atoms with van der Waals surface area (Å²) in [6.07, 6.45) is 0. The van der Waals surface area contributed by atoms with E-state index < -0.39 is 0 Å². The maximum Gasteiger partial charge on any atom is 0.143 e. The number of anilines is 3. The second-order valence-corrected chi connectivity index (χ2v) is 16.4. The fraction of sp³-hybridized carbons (Fsp3) is 0. The third-order valence-corrected chi connectivity index (χ3v) is 12.7. The highest BCUT2D eigenvalue weighted by molar-refractivity contribution is 6.15. The second kappa shape index (κ2) is 15.8. The Bertz CT molecular complexity index is 3640. The Balaban J connectivity index is 0.964. The van der Waals surface area contributed by atoms with Crippen molar-refractivity contribution in [2.24, 2.45) is 0 Å². The standard InChI is InChI=1S/C62H41NO/c1-3-16-43(17-4-1)50-21-9-11-24-54(50)55-25-12-10-22-51(55)45-32-37-49(38-33-45)63(60-41-47-20-7-8-23-52(47)56-26-13-14-27-57(56)60)48-35-30-42(31-36-48)46-34-39-61-59(40-46)58-29-15-28-53(62(58)64-61)44-18-5-2-6-19-44/h1-41H. The number of nitrogens with zero attached hydrogens (tertiary/aromatic N) is 1. The number of furan rings is 1. The molecule has 0 radical (unpaired) electrons. The van der Waals surface area contributed by atoms with Crippen LogP contribution in [-0.2, 0) is 0 Å². The molecule has 12 aromatic rings. The smallest absolute Gasteiger partial charge is 0.143 e. The van der Waals surface area contributed by atoms with Gasteiger partial charge in [-0.15, -0.1) is 0 Å². The molecule has 0 spiro atoms. The Morgan fingerprint density at radius 3 is 1.39 bits per heavy atom. The topological polar surface area (TPSA) is 16.4 Å². The van der Waals surface area contributed by atoms with Crippen LogP contribution in [0.4, 0.5) is 17.1 Å². The van der Waals surface area contributed by atoms with E-state index in [0.717, 1.165) is 61.3 Å². The molecular formula is C62H41NO. The van der Waals surface area contributed by atoms with Crippen LogP contribution in [0, 0.1) is 0 Å². The molecule has 0 saturated heterocycles. The summed E-state index contributed by atoms with van der Waals surface area (Å²) < 4.78 is 6.53. The third kappa shape index (κ3) is 6.52. The normalized spacial score (nSPS) is 11.4. The highest BCUT2D eigenvalue weighted by Crippen LogP contribution is 2.45. The molecule has 12 rings (SSSR count). The molecule has 2 heteroatoms. The molecule has 0 bridgehead atoms. The lowest BCUT2D eigenvalue weighted by Gasteiger charge is -2.28. The Hall–Kier alpha value is -8.46. The first-order chi connectivity index (χ1) is 31.7. The molecule has 0 saturated carbocycles. The summed E-state index contributed by atoms with van der Waals surface area (Å²) in [7, 11) is 0. The lowest BCUT2D eigenvalue weighted by Crippen LogP contribution is -2.10. The zero-order valence-electron chi connectivity index (χ0n) is 35.0. The van der Waals surface area contributed by atoms with Crippen LogP contribution in [0.2, 0.25) is 0 Å². The van der Waals surface area contributed by atoms with E-state index in [2.05, 4.69) is 248 Å². The van der Waals surface area contributed by atoms with Crippen molar-refractivity contribution >= 4 is 60.5 Å². The number of rotatable bonds is 8. The van der Waals surface area contributed by atoms with Crippen molar-refractivity contribution in [3.63, 3.8) is 0 Å². The van der Waals surface area contributed by atoms with Gasteiger partial charge in [-0.1, -0.05) is 206 Å². The molecule has 0 aliphatic heterocycles. The molecule has 2 nitrogen and oxygen atoms in total. The number of para-hydroxylation sites is 1. The fourth-order valence-corrected chi connectivity index (χ4v) is 9.62. The molecule has 300 valence electrons. The first-order valence-corrected chi connectivity index (χ1v) is 21.9. The van der Waals surface area contributed by atoms with Crippen LogP contribution in [-0.4, -0.2) is 0 Å². The molecule has 0 aliphatic carbocycles. The minimum absolute atomic E-state index is 0.889. The maximum absolute atomic E-state index is 6.53. The van der Waals surface area contributed by atoms with Gasteiger partial charge in [-0.05, 0) is 109 Å². The van der Waals surface area contributed by atoms with Crippen molar-refractivity contribution in [2.45, 2.75) is 0 Å². The molecule has 11 aromatic carbocycles. The Morgan fingerprint density at radius 1 is 0.266 bits per heavy atom. The van der Waals surface area contributed by atoms with Gasteiger partial charge in [0.25, 0.3) is 0 Å². The van der Waals surface area contributed by atoms with Gasteiger partial charge in [0.2, 0.25) is 0 Å². The summed E-state index contributed by atoms with van der Waals surface area (Å²) in [5.74, 6) is 0. The van der Waals surface area contributed by atoms with Crippen molar-refractivity contribution in [2.75, 3.05) is 4.90 Å². The molecule has 0 fully saturated rings. The lowest BCUT2D eigenvalue weighted by molar-refractivity contribution is 0.670. The van der Waals surface area contributed by atoms with Gasteiger partial charge in [0.1, 0.15) is 11.2 Å². The predicted octanol–water partition coefficient (Wildman–Crippen LogP) is 17.7. The molecular weight excluding hydrogens is 775 g/mol. The summed E-state index contributed by atoms with van der Waals surface area (Å²) in [5, 5.41) is 7.12. The van der Waals surface area contributed by atoms with Crippen LogP contribution in [0.25, 0.3) is 99.1 Å². The number of benzene rings is 11. The van der Waals surface area contributed by atoms with Crippen LogP contribution in [0.3, 0.4) is 0 Å². The number of hydrogen-bond donors (Lipinski definition) is 0. The van der Waals surface area contributed by atoms with Crippen molar-refractivity contribution in [1.82, 2.24) is 0 Å². The van der Waals surface area contributed by atoms with E-state index in [9.17, 15) is 0 Å². The SMILES string of the molecule is c1ccc(-c2ccccc2-c2ccccc2-c2ccc(N(c3ccc(-c4ccc5oc6c(-c7ccccc7)cccc6c5c4)cc3)c3cc4ccccc4c4ccccc34)cc2)cc1. The summed E-state index contributed by atoms with van der Waals surface area (Å²) in [5.41, 5.74) is 16.9. The Morgan fingerprint density at radius 2 is 0.734 bits per heavy atom. The lowest BCUT2D eigenvalue weighted by atomic mass is 9.89. The van der Waals surface area contributed by atoms with Crippen molar-refractivity contribution < 1.29 is 4.42 Å². The van der Waals surface area contributed by atoms with Crippen molar-refractivity contribution in [1.29, 1.82) is 0 Å². The molecule has 1 heterocycles. The van der Waals surface area contributed by atoms with Gasteiger partial charge in [0, 0.05) is 33.1 Å². The van der Waals surface area contributed by atoms with Crippen molar-refractivity contribution in [3.05, 3.63) is 249 Å². The van der Waals surface area contributed by atoms with Gasteiger partial charge >= 0.3 is 0 Å². The minimum Gasteiger partial charge on any atom is -0.455 e. The number of hydrogen-bond acceptors (Lipinski definition) is 2. The predicted molar refractivity (Wildman–Crippen MR) is 271 cm³/mol. The van der Waals surface area contributed by atoms with E-state index in [1.54, 1.807) is 0 Å². The van der Waals surface area contributed by atoms with Crippen LogP contribution in [0.1, 0.15) is 0 Å². The minimum atomic E-state index is 0.889. The Labute approximate surface area is 372 Å². The summed E-state index contributed by atoms with van der Waals surface area (Å²) in [6, 6.07) is 89.6. The summed E-state index contributed by atoms with van der Waals surface area (Å²) in [6.45, 7) is 0. The average molecular weight is 816 g/mol. The Kier molecular flexibility index (Phi) is 9.20. The average Bonchev–Trinajstić information content (AvgIpc) is 3.76. The molecule has 0 aliphatic rings. The van der Waals surface area contributed by atoms with E-state index >= 15 is 0 Å². The zero-order valence-corrected chi connectivity index (χ0v) is 35.0. The number of fused-ring (bicyclic) bond motifs is 6. The first-order valence-electron chi connectivity index (χ1n) is 21.9. The van der Waals surface area contributed by atoms with Crippen LogP contribution < -0.4 is 4.90 Å². The molecule has 0 unspecified atom stereocenters. The maximum atomic E-state index is 6.53. The highest BCUT2D eigenvalue weighted by Gasteiger charge is 2.20. The molecule has 0 N–H and O–H groups in total. The second-order valence-electron chi connectivity index (χ2n) is 16.4. The molecule has 64 heavy (non-hydrogen) atoms. The van der Waals surface area contributed by atoms with Crippen LogP contribution in [0.15, 0.2) is 253 Å². The summed E-state index contributed by atoms with van der Waals surface area (Å²) >= 11 is 0. The largest absolute Gasteiger partial charge is 0.455 e. The van der Waals surface area contributed by atoms with Gasteiger partial charge in [-0.2, -0.15) is 0 Å². The van der Waals surface area contributed by atoms with Crippen LogP contribution >= 0.6 is 0 Å². The molecule has 1 aromatic heterocycles. The van der Waals surface area contributed by atoms with E-state index in [0.29, 0.717) is 0 Å². The van der Waals surface area contributed by atoms with E-state index in [-0.39, 0.29) is 0 Å². The quantitative estimate of drug-likeness (QED) is 0.142. The highest BCUT2D eigenvalue weighted by atomic mass is 16.3. The van der Waals surface area contributed by atoms with Gasteiger partial charge in [-0.25, -0.2) is 0 Å². The van der Waals surface area contributed by atoms with Crippen LogP contribution in [0.5, 0.6) is 0 Å². The van der Waals surface area contributed by atoms with E-state index in [1.165, 1.54) is 54.9 Å². The zero-order chi connectivity index (χ0) is 42.4. The van der Waals surface area contributed by atoms with Gasteiger partial charge in [0.05, 0.1) is 5.69 Å². The van der Waals surface area contributed by atoms with Gasteiger partial charge in [-0.3, -0.25) is 0 Å². The van der Waals surface area contributed by atoms with Gasteiger partial charge < -0.3 is 9.32 Å². The monoisotopic (exact) mass is 815 g/mol.